The van der Waals surface area contributed by atoms with Gasteiger partial charge in [0.1, 0.15) is 5.56 Å². The van der Waals surface area contributed by atoms with Gasteiger partial charge in [-0.25, -0.2) is 9.50 Å². The van der Waals surface area contributed by atoms with Gasteiger partial charge in [-0.1, -0.05) is 13.3 Å². The van der Waals surface area contributed by atoms with Crippen molar-refractivity contribution in [2.45, 2.75) is 26.7 Å². The molecule has 21 heavy (non-hydrogen) atoms. The maximum atomic E-state index is 12.4. The molecule has 0 aliphatic carbocycles. The Bertz CT molecular complexity index is 788. The van der Waals surface area contributed by atoms with Crippen LogP contribution in [0, 0.1) is 6.92 Å². The van der Waals surface area contributed by atoms with Gasteiger partial charge in [0, 0.05) is 24.2 Å². The molecule has 0 aliphatic heterocycles. The van der Waals surface area contributed by atoms with Crippen LogP contribution in [0.15, 0.2) is 24.5 Å². The summed E-state index contributed by atoms with van der Waals surface area (Å²) in [5.41, 5.74) is 2.64. The first kappa shape index (κ1) is 13.3. The van der Waals surface area contributed by atoms with Gasteiger partial charge >= 0.3 is 0 Å². The van der Waals surface area contributed by atoms with Gasteiger partial charge in [-0.3, -0.25) is 9.89 Å². The zero-order valence-corrected chi connectivity index (χ0v) is 11.9. The van der Waals surface area contributed by atoms with Crippen molar-refractivity contribution >= 4 is 17.4 Å². The van der Waals surface area contributed by atoms with Crippen molar-refractivity contribution < 1.29 is 4.79 Å². The monoisotopic (exact) mass is 284 g/mol. The third kappa shape index (κ3) is 2.49. The fourth-order valence-corrected chi connectivity index (χ4v) is 2.26. The third-order valence-electron chi connectivity index (χ3n) is 3.19. The zero-order chi connectivity index (χ0) is 14.8. The molecule has 0 bridgehead atoms. The minimum Gasteiger partial charge on any atom is -0.305 e. The first-order valence-electron chi connectivity index (χ1n) is 6.84. The molecule has 0 saturated carbocycles. The molecule has 0 saturated heterocycles. The summed E-state index contributed by atoms with van der Waals surface area (Å²) in [4.78, 5) is 16.6. The third-order valence-corrected chi connectivity index (χ3v) is 3.19. The fraction of sp³-hybridized carbons (Fsp3) is 0.286. The summed E-state index contributed by atoms with van der Waals surface area (Å²) in [6.45, 7) is 3.88. The number of nitrogens with zero attached hydrogens (tertiary/aromatic N) is 4. The van der Waals surface area contributed by atoms with Crippen LogP contribution in [0.25, 0.3) is 5.65 Å². The van der Waals surface area contributed by atoms with E-state index in [-0.39, 0.29) is 5.91 Å². The summed E-state index contributed by atoms with van der Waals surface area (Å²) < 4.78 is 1.59. The number of amides is 1. The van der Waals surface area contributed by atoms with Crippen LogP contribution in [0.1, 0.15) is 35.1 Å². The second kappa shape index (κ2) is 5.35. The van der Waals surface area contributed by atoms with Crippen molar-refractivity contribution in [3.05, 3.63) is 41.5 Å². The molecule has 2 N–H and O–H groups in total. The number of hydrogen-bond acceptors (Lipinski definition) is 4. The molecule has 0 unspecified atom stereocenters. The number of carbonyl (C=O) groups is 1. The summed E-state index contributed by atoms with van der Waals surface area (Å²) >= 11 is 0. The lowest BCUT2D eigenvalue weighted by Gasteiger charge is -2.00. The van der Waals surface area contributed by atoms with Crippen molar-refractivity contribution in [3.63, 3.8) is 0 Å². The molecule has 0 fully saturated rings. The molecule has 7 nitrogen and oxygen atoms in total. The number of aromatic nitrogens is 5. The van der Waals surface area contributed by atoms with E-state index in [1.54, 1.807) is 29.9 Å². The molecule has 0 aromatic carbocycles. The van der Waals surface area contributed by atoms with E-state index in [4.69, 9.17) is 0 Å². The van der Waals surface area contributed by atoms with E-state index in [0.29, 0.717) is 22.7 Å². The topological polar surface area (TPSA) is 88.0 Å². The van der Waals surface area contributed by atoms with E-state index in [9.17, 15) is 4.79 Å². The molecule has 1 amide bonds. The molecule has 3 aromatic heterocycles. The zero-order valence-electron chi connectivity index (χ0n) is 11.9. The number of fused-ring (bicyclic) bond motifs is 1. The van der Waals surface area contributed by atoms with E-state index < -0.39 is 0 Å². The maximum absolute atomic E-state index is 12.4. The van der Waals surface area contributed by atoms with Crippen LogP contribution in [0.3, 0.4) is 0 Å². The van der Waals surface area contributed by atoms with Gasteiger partial charge in [-0.2, -0.15) is 10.2 Å². The van der Waals surface area contributed by atoms with E-state index in [0.717, 1.165) is 18.5 Å². The summed E-state index contributed by atoms with van der Waals surface area (Å²) in [7, 11) is 0. The molecule has 108 valence electrons. The van der Waals surface area contributed by atoms with Gasteiger partial charge in [-0.15, -0.1) is 0 Å². The van der Waals surface area contributed by atoms with Gasteiger partial charge in [-0.05, 0) is 19.4 Å². The van der Waals surface area contributed by atoms with Crippen LogP contribution in [0.4, 0.5) is 5.82 Å². The normalized spacial score (nSPS) is 11.0. The second-order valence-corrected chi connectivity index (χ2v) is 4.83. The highest BCUT2D eigenvalue weighted by Gasteiger charge is 2.18. The lowest BCUT2D eigenvalue weighted by molar-refractivity contribution is 0.102. The Labute approximate surface area is 121 Å². The first-order chi connectivity index (χ1) is 10.2. The molecule has 0 radical (unpaired) electrons. The van der Waals surface area contributed by atoms with Crippen molar-refractivity contribution in [2.75, 3.05) is 5.32 Å². The molecule has 7 heteroatoms. The number of aryl methyl sites for hydroxylation is 2. The van der Waals surface area contributed by atoms with Crippen LogP contribution in [-0.4, -0.2) is 30.7 Å². The Morgan fingerprint density at radius 2 is 2.33 bits per heavy atom. The van der Waals surface area contributed by atoms with Crippen LogP contribution < -0.4 is 5.32 Å². The number of carbonyl (C=O) groups excluding carboxylic acids is 1. The van der Waals surface area contributed by atoms with Crippen molar-refractivity contribution in [3.8, 4) is 0 Å². The van der Waals surface area contributed by atoms with Gasteiger partial charge in [0.05, 0.1) is 5.69 Å². The summed E-state index contributed by atoms with van der Waals surface area (Å²) in [5, 5.41) is 14.1. The first-order valence-corrected chi connectivity index (χ1v) is 6.84. The molecule has 3 rings (SSSR count). The van der Waals surface area contributed by atoms with Gasteiger partial charge < -0.3 is 5.32 Å². The quantitative estimate of drug-likeness (QED) is 0.766. The number of H-pyrrole nitrogens is 1. The standard InChI is InChI=1S/C14H16N6O/c1-3-5-10-8-11(18-17-10)16-14(21)12-9(2)19-20-7-4-6-15-13(12)20/h4,6-8H,3,5H2,1-2H3,(H2,16,17,18,21). The summed E-state index contributed by atoms with van der Waals surface area (Å²) in [6, 6.07) is 3.61. The van der Waals surface area contributed by atoms with Gasteiger partial charge in [0.25, 0.3) is 5.91 Å². The summed E-state index contributed by atoms with van der Waals surface area (Å²) in [5.74, 6) is 0.258. The number of aromatic amines is 1. The van der Waals surface area contributed by atoms with E-state index >= 15 is 0 Å². The van der Waals surface area contributed by atoms with Gasteiger partial charge in [0.15, 0.2) is 11.5 Å². The number of nitrogens with one attached hydrogen (secondary N) is 2. The Morgan fingerprint density at radius 3 is 3.14 bits per heavy atom. The molecule has 0 aliphatic rings. The average molecular weight is 284 g/mol. The molecular formula is C14H16N6O. The van der Waals surface area contributed by atoms with Crippen molar-refractivity contribution in [1.82, 2.24) is 24.8 Å². The van der Waals surface area contributed by atoms with Crippen LogP contribution in [-0.2, 0) is 6.42 Å². The van der Waals surface area contributed by atoms with Gasteiger partial charge in [0.2, 0.25) is 0 Å². The predicted molar refractivity (Wildman–Crippen MR) is 78.3 cm³/mol. The minimum absolute atomic E-state index is 0.254. The lowest BCUT2D eigenvalue weighted by Crippen LogP contribution is -2.13. The van der Waals surface area contributed by atoms with Crippen LogP contribution >= 0.6 is 0 Å². The van der Waals surface area contributed by atoms with E-state index in [1.165, 1.54) is 0 Å². The molecule has 0 atom stereocenters. The number of hydrogen-bond donors (Lipinski definition) is 2. The number of rotatable bonds is 4. The Kier molecular flexibility index (Phi) is 3.39. The highest BCUT2D eigenvalue weighted by atomic mass is 16.1. The van der Waals surface area contributed by atoms with Crippen LogP contribution in [0.5, 0.6) is 0 Å². The minimum atomic E-state index is -0.254. The smallest absolute Gasteiger partial charge is 0.262 e. The second-order valence-electron chi connectivity index (χ2n) is 4.83. The Hall–Kier alpha value is -2.70. The average Bonchev–Trinajstić information content (AvgIpc) is 3.02. The van der Waals surface area contributed by atoms with E-state index in [1.807, 2.05) is 6.07 Å². The van der Waals surface area contributed by atoms with Crippen LogP contribution in [0.2, 0.25) is 0 Å². The SMILES string of the molecule is CCCc1cc(NC(=O)c2c(C)nn3cccnc23)n[nH]1. The van der Waals surface area contributed by atoms with E-state index in [2.05, 4.69) is 32.5 Å². The fourth-order valence-electron chi connectivity index (χ4n) is 2.26. The highest BCUT2D eigenvalue weighted by Crippen LogP contribution is 2.15. The molecule has 3 heterocycles. The molecule has 0 spiro atoms. The number of anilines is 1. The molecular weight excluding hydrogens is 268 g/mol. The lowest BCUT2D eigenvalue weighted by atomic mass is 10.2. The Morgan fingerprint density at radius 1 is 1.48 bits per heavy atom. The highest BCUT2D eigenvalue weighted by molar-refractivity contribution is 6.08. The van der Waals surface area contributed by atoms with Crippen molar-refractivity contribution in [1.29, 1.82) is 0 Å². The maximum Gasteiger partial charge on any atom is 0.262 e. The summed E-state index contributed by atoms with van der Waals surface area (Å²) in [6.07, 6.45) is 5.33. The predicted octanol–water partition coefficient (Wildman–Crippen LogP) is 1.97. The Balaban J connectivity index is 1.88. The molecule has 3 aromatic rings. The largest absolute Gasteiger partial charge is 0.305 e. The van der Waals surface area contributed by atoms with Crippen molar-refractivity contribution in [2.24, 2.45) is 0 Å².